The van der Waals surface area contributed by atoms with Gasteiger partial charge in [0.1, 0.15) is 11.9 Å². The lowest BCUT2D eigenvalue weighted by molar-refractivity contribution is -0.00112. The van der Waals surface area contributed by atoms with Crippen molar-refractivity contribution in [2.75, 3.05) is 7.11 Å². The number of hydrogen-bond donors (Lipinski definition) is 0. The van der Waals surface area contributed by atoms with Gasteiger partial charge in [0.2, 0.25) is 11.7 Å². The van der Waals surface area contributed by atoms with E-state index in [4.69, 9.17) is 14.0 Å². The summed E-state index contributed by atoms with van der Waals surface area (Å²) in [7, 11) is 1.67. The summed E-state index contributed by atoms with van der Waals surface area (Å²) >= 11 is 0. The number of para-hydroxylation sites is 1. The number of hydrogen-bond acceptors (Lipinski definition) is 7. The van der Waals surface area contributed by atoms with Crippen LogP contribution >= 0.6 is 0 Å². The predicted molar refractivity (Wildman–Crippen MR) is 112 cm³/mol. The van der Waals surface area contributed by atoms with Gasteiger partial charge in [-0.3, -0.25) is 0 Å². The van der Waals surface area contributed by atoms with Gasteiger partial charge < -0.3 is 14.0 Å². The molecular weight excluding hydrogens is 394 g/mol. The third-order valence-corrected chi connectivity index (χ3v) is 5.53. The first kappa shape index (κ1) is 19.4. The third kappa shape index (κ3) is 3.94. The maximum atomic E-state index is 6.09. The molecule has 1 aliphatic rings. The quantitative estimate of drug-likeness (QED) is 0.473. The lowest BCUT2D eigenvalue weighted by atomic mass is 10.1. The molecule has 0 spiro atoms. The highest BCUT2D eigenvalue weighted by molar-refractivity contribution is 5.51. The molecule has 0 saturated carbocycles. The number of fused-ring (bicyclic) bond motifs is 1. The van der Waals surface area contributed by atoms with Gasteiger partial charge >= 0.3 is 0 Å². The van der Waals surface area contributed by atoms with Crippen LogP contribution in [0.5, 0.6) is 5.75 Å². The van der Waals surface area contributed by atoms with Crippen LogP contribution in [0.15, 0.2) is 53.1 Å². The van der Waals surface area contributed by atoms with E-state index >= 15 is 0 Å². The van der Waals surface area contributed by atoms with E-state index in [2.05, 4.69) is 51.6 Å². The van der Waals surface area contributed by atoms with E-state index in [0.717, 1.165) is 29.0 Å². The first-order chi connectivity index (χ1) is 15.2. The number of rotatable bonds is 6. The highest BCUT2D eigenvalue weighted by Gasteiger charge is 2.27. The second-order valence-corrected chi connectivity index (χ2v) is 7.60. The van der Waals surface area contributed by atoms with Gasteiger partial charge in [-0.2, -0.15) is 4.98 Å². The van der Waals surface area contributed by atoms with Crippen LogP contribution in [-0.2, 0) is 30.7 Å². The van der Waals surface area contributed by atoms with E-state index in [0.29, 0.717) is 37.0 Å². The van der Waals surface area contributed by atoms with Crippen molar-refractivity contribution in [1.82, 2.24) is 25.1 Å². The standard InChI is InChI=1S/C23H23N5O3/c1-15-7-9-17(10-8-15)20-13-28-18(14-30-20)22(25-27-28)23-24-21(31-26-23)12-11-16-5-3-4-6-19(16)29-2/h3-10,20H,11-14H2,1-2H3/t20-/m1/s1. The normalized spacial score (nSPS) is 15.6. The van der Waals surface area contributed by atoms with Crippen molar-refractivity contribution in [2.24, 2.45) is 0 Å². The SMILES string of the molecule is COc1ccccc1CCc1nc(-c2nnn3c2CO[C@@H](c2ccc(C)cc2)C3)no1. The Morgan fingerprint density at radius 3 is 2.77 bits per heavy atom. The van der Waals surface area contributed by atoms with Crippen molar-refractivity contribution >= 4 is 0 Å². The van der Waals surface area contributed by atoms with E-state index in [9.17, 15) is 0 Å². The molecule has 5 rings (SSSR count). The molecule has 0 aliphatic carbocycles. The summed E-state index contributed by atoms with van der Waals surface area (Å²) < 4.78 is 18.8. The molecule has 0 saturated heterocycles. The first-order valence-corrected chi connectivity index (χ1v) is 10.3. The Kier molecular flexibility index (Phi) is 5.21. The Labute approximate surface area is 179 Å². The highest BCUT2D eigenvalue weighted by atomic mass is 16.5. The van der Waals surface area contributed by atoms with E-state index in [1.165, 1.54) is 5.56 Å². The third-order valence-electron chi connectivity index (χ3n) is 5.53. The number of ether oxygens (including phenoxy) is 2. The van der Waals surface area contributed by atoms with Gasteiger partial charge in [0.15, 0.2) is 5.69 Å². The number of aromatic nitrogens is 5. The summed E-state index contributed by atoms with van der Waals surface area (Å²) in [5, 5.41) is 12.7. The minimum absolute atomic E-state index is 0.0515. The molecule has 4 aromatic rings. The average molecular weight is 417 g/mol. The van der Waals surface area contributed by atoms with Crippen LogP contribution in [-0.4, -0.2) is 32.2 Å². The van der Waals surface area contributed by atoms with Crippen molar-refractivity contribution in [1.29, 1.82) is 0 Å². The maximum absolute atomic E-state index is 6.09. The van der Waals surface area contributed by atoms with E-state index in [1.807, 2.05) is 28.9 Å². The topological polar surface area (TPSA) is 88.1 Å². The molecule has 3 heterocycles. The molecule has 8 heteroatoms. The van der Waals surface area contributed by atoms with Crippen LogP contribution in [0, 0.1) is 6.92 Å². The van der Waals surface area contributed by atoms with E-state index in [1.54, 1.807) is 7.11 Å². The number of benzene rings is 2. The second kappa shape index (κ2) is 8.31. The van der Waals surface area contributed by atoms with Gasteiger partial charge in [0.05, 0.1) is 26.0 Å². The summed E-state index contributed by atoms with van der Waals surface area (Å²) in [6.45, 7) is 3.07. The van der Waals surface area contributed by atoms with Crippen molar-refractivity contribution in [3.63, 3.8) is 0 Å². The molecule has 31 heavy (non-hydrogen) atoms. The molecule has 0 radical (unpaired) electrons. The lowest BCUT2D eigenvalue weighted by Crippen LogP contribution is -2.22. The summed E-state index contributed by atoms with van der Waals surface area (Å²) in [5.74, 6) is 1.85. The smallest absolute Gasteiger partial charge is 0.227 e. The van der Waals surface area contributed by atoms with Crippen LogP contribution in [0.1, 0.15) is 34.4 Å². The minimum Gasteiger partial charge on any atom is -0.496 e. The van der Waals surface area contributed by atoms with Gasteiger partial charge in [0.25, 0.3) is 0 Å². The van der Waals surface area contributed by atoms with Crippen molar-refractivity contribution in [2.45, 2.75) is 39.0 Å². The van der Waals surface area contributed by atoms with Crippen molar-refractivity contribution < 1.29 is 14.0 Å². The first-order valence-electron chi connectivity index (χ1n) is 10.3. The summed E-state index contributed by atoms with van der Waals surface area (Å²) in [4.78, 5) is 4.53. The molecule has 1 aliphatic heterocycles. The zero-order valence-electron chi connectivity index (χ0n) is 17.5. The minimum atomic E-state index is -0.0515. The molecule has 158 valence electrons. The van der Waals surface area contributed by atoms with Gasteiger partial charge in [0, 0.05) is 6.42 Å². The molecular formula is C23H23N5O3. The van der Waals surface area contributed by atoms with Gasteiger partial charge in [-0.15, -0.1) is 5.10 Å². The molecule has 2 aromatic carbocycles. The fourth-order valence-corrected chi connectivity index (χ4v) is 3.77. The average Bonchev–Trinajstić information content (AvgIpc) is 3.44. The van der Waals surface area contributed by atoms with Crippen LogP contribution in [0.3, 0.4) is 0 Å². The molecule has 8 nitrogen and oxygen atoms in total. The highest BCUT2D eigenvalue weighted by Crippen LogP contribution is 2.30. The van der Waals surface area contributed by atoms with E-state index in [-0.39, 0.29) is 6.10 Å². The molecule has 0 bridgehead atoms. The van der Waals surface area contributed by atoms with Crippen LogP contribution < -0.4 is 4.74 Å². The van der Waals surface area contributed by atoms with Gasteiger partial charge in [-0.1, -0.05) is 58.4 Å². The Balaban J connectivity index is 1.29. The summed E-state index contributed by atoms with van der Waals surface area (Å²) in [5.41, 5.74) is 4.92. The lowest BCUT2D eigenvalue weighted by Gasteiger charge is -2.24. The Hall–Kier alpha value is -3.52. The largest absolute Gasteiger partial charge is 0.496 e. The number of methoxy groups -OCH3 is 1. The molecule has 0 N–H and O–H groups in total. The number of aryl methyl sites for hydroxylation is 3. The predicted octanol–water partition coefficient (Wildman–Crippen LogP) is 3.70. The number of nitrogens with zero attached hydrogens (tertiary/aromatic N) is 5. The monoisotopic (exact) mass is 417 g/mol. The summed E-state index contributed by atoms with van der Waals surface area (Å²) in [6, 6.07) is 16.3. The second-order valence-electron chi connectivity index (χ2n) is 7.60. The summed E-state index contributed by atoms with van der Waals surface area (Å²) in [6.07, 6.45) is 1.30. The van der Waals surface area contributed by atoms with Crippen LogP contribution in [0.4, 0.5) is 0 Å². The zero-order chi connectivity index (χ0) is 21.2. The van der Waals surface area contributed by atoms with Crippen LogP contribution in [0.2, 0.25) is 0 Å². The van der Waals surface area contributed by atoms with Crippen molar-refractivity contribution in [3.8, 4) is 17.3 Å². The van der Waals surface area contributed by atoms with Gasteiger partial charge in [-0.25, -0.2) is 4.68 Å². The van der Waals surface area contributed by atoms with Crippen molar-refractivity contribution in [3.05, 3.63) is 76.8 Å². The van der Waals surface area contributed by atoms with E-state index < -0.39 is 0 Å². The van der Waals surface area contributed by atoms with Gasteiger partial charge in [-0.05, 0) is 30.5 Å². The zero-order valence-corrected chi connectivity index (χ0v) is 17.5. The Morgan fingerprint density at radius 1 is 1.10 bits per heavy atom. The Morgan fingerprint density at radius 2 is 1.94 bits per heavy atom. The molecule has 0 fully saturated rings. The maximum Gasteiger partial charge on any atom is 0.227 e. The van der Waals surface area contributed by atoms with Crippen LogP contribution in [0.25, 0.3) is 11.5 Å². The fraction of sp³-hybridized carbons (Fsp3) is 0.304. The molecule has 0 amide bonds. The fourth-order valence-electron chi connectivity index (χ4n) is 3.77. The Bertz CT molecular complexity index is 1180. The molecule has 1 atom stereocenters. The molecule has 2 aromatic heterocycles. The molecule has 0 unspecified atom stereocenters.